The Labute approximate surface area is 109 Å². The lowest BCUT2D eigenvalue weighted by atomic mass is 10.0. The average molecular weight is 250 g/mol. The minimum atomic E-state index is -0.301. The molecule has 0 aliphatic rings. The summed E-state index contributed by atoms with van der Waals surface area (Å²) in [5.41, 5.74) is 8.70. The van der Waals surface area contributed by atoms with Gasteiger partial charge in [-0.3, -0.25) is 9.69 Å². The number of nitrogens with zero attached hydrogens (tertiary/aromatic N) is 1. The number of nitrogens with two attached hydrogens (primary N) is 1. The second-order valence-corrected chi connectivity index (χ2v) is 4.73. The van der Waals surface area contributed by atoms with Gasteiger partial charge in [0.2, 0.25) is 5.91 Å². The monoisotopic (exact) mass is 250 g/mol. The molecule has 1 aromatic carbocycles. The summed E-state index contributed by atoms with van der Waals surface area (Å²) in [5, 5.41) is 0. The summed E-state index contributed by atoms with van der Waals surface area (Å²) in [6.07, 6.45) is 0.843. The number of amides is 1. The van der Waals surface area contributed by atoms with Crippen molar-refractivity contribution in [3.05, 3.63) is 28.8 Å². The van der Waals surface area contributed by atoms with Gasteiger partial charge in [0.25, 0.3) is 0 Å². The van der Waals surface area contributed by atoms with Crippen molar-refractivity contribution in [2.45, 2.75) is 20.3 Å². The first-order chi connectivity index (χ1) is 8.43. The molecule has 0 aromatic heterocycles. The van der Waals surface area contributed by atoms with E-state index in [0.717, 1.165) is 24.3 Å². The van der Waals surface area contributed by atoms with Crippen LogP contribution in [-0.2, 0) is 11.2 Å². The largest absolute Gasteiger partial charge is 0.496 e. The Balaban J connectivity index is 2.75. The van der Waals surface area contributed by atoms with Gasteiger partial charge >= 0.3 is 0 Å². The van der Waals surface area contributed by atoms with Crippen LogP contribution in [0.2, 0.25) is 0 Å². The Morgan fingerprint density at radius 1 is 1.39 bits per heavy atom. The lowest BCUT2D eigenvalue weighted by Crippen LogP contribution is -2.32. The summed E-state index contributed by atoms with van der Waals surface area (Å²) >= 11 is 0. The summed E-state index contributed by atoms with van der Waals surface area (Å²) in [4.78, 5) is 12.7. The molecule has 0 saturated heterocycles. The molecule has 0 fully saturated rings. The first-order valence-electron chi connectivity index (χ1n) is 6.05. The van der Waals surface area contributed by atoms with E-state index in [4.69, 9.17) is 10.5 Å². The molecule has 0 unspecified atom stereocenters. The fourth-order valence-electron chi connectivity index (χ4n) is 2.18. The van der Waals surface area contributed by atoms with E-state index >= 15 is 0 Å². The summed E-state index contributed by atoms with van der Waals surface area (Å²) in [5.74, 6) is 0.637. The zero-order chi connectivity index (χ0) is 13.7. The van der Waals surface area contributed by atoms with Crippen LogP contribution in [0.4, 0.5) is 0 Å². The second-order valence-electron chi connectivity index (χ2n) is 4.73. The maximum absolute atomic E-state index is 10.8. The number of likely N-dealkylation sites (N-methyl/N-ethyl adjacent to an activating group) is 1. The number of ether oxygens (including phenoxy) is 1. The number of methoxy groups -OCH3 is 1. The number of aryl methyl sites for hydroxylation is 2. The molecule has 0 aliphatic heterocycles. The number of hydrogen-bond donors (Lipinski definition) is 1. The number of rotatable bonds is 6. The number of carbonyl (C=O) groups excluding carboxylic acids is 1. The molecule has 0 saturated carbocycles. The third-order valence-corrected chi connectivity index (χ3v) is 2.89. The standard InChI is InChI=1S/C14H22N2O2/c1-10-7-11(2)14(18-4)12(8-10)5-6-16(3)9-13(15)17/h7-8H,5-6,9H2,1-4H3,(H2,15,17). The third kappa shape index (κ3) is 4.04. The highest BCUT2D eigenvalue weighted by molar-refractivity contribution is 5.75. The fraction of sp³-hybridized carbons (Fsp3) is 0.500. The van der Waals surface area contributed by atoms with E-state index in [0.29, 0.717) is 0 Å². The van der Waals surface area contributed by atoms with Gasteiger partial charge in [0.1, 0.15) is 5.75 Å². The SMILES string of the molecule is COc1c(C)cc(C)cc1CCN(C)CC(N)=O. The van der Waals surface area contributed by atoms with Crippen LogP contribution in [0.1, 0.15) is 16.7 Å². The molecule has 1 rings (SSSR count). The van der Waals surface area contributed by atoms with Crippen molar-refractivity contribution in [1.82, 2.24) is 4.90 Å². The maximum atomic E-state index is 10.8. The van der Waals surface area contributed by atoms with E-state index in [-0.39, 0.29) is 12.5 Å². The van der Waals surface area contributed by atoms with Gasteiger partial charge in [0.15, 0.2) is 0 Å². The van der Waals surface area contributed by atoms with E-state index in [1.807, 2.05) is 18.9 Å². The van der Waals surface area contributed by atoms with E-state index in [9.17, 15) is 4.79 Å². The van der Waals surface area contributed by atoms with Crippen molar-refractivity contribution in [1.29, 1.82) is 0 Å². The minimum Gasteiger partial charge on any atom is -0.496 e. The highest BCUT2D eigenvalue weighted by atomic mass is 16.5. The third-order valence-electron chi connectivity index (χ3n) is 2.89. The molecule has 4 nitrogen and oxygen atoms in total. The number of benzene rings is 1. The Morgan fingerprint density at radius 3 is 2.61 bits per heavy atom. The van der Waals surface area contributed by atoms with Crippen LogP contribution in [0.25, 0.3) is 0 Å². The molecular formula is C14H22N2O2. The molecule has 1 amide bonds. The van der Waals surface area contributed by atoms with Gasteiger partial charge in [0.05, 0.1) is 13.7 Å². The number of hydrogen-bond acceptors (Lipinski definition) is 3. The topological polar surface area (TPSA) is 55.6 Å². The fourth-order valence-corrected chi connectivity index (χ4v) is 2.18. The second kappa shape index (κ2) is 6.40. The Hall–Kier alpha value is -1.55. The zero-order valence-corrected chi connectivity index (χ0v) is 11.6. The van der Waals surface area contributed by atoms with Gasteiger partial charge in [-0.1, -0.05) is 17.7 Å². The summed E-state index contributed by atoms with van der Waals surface area (Å²) in [6.45, 7) is 5.18. The van der Waals surface area contributed by atoms with Gasteiger partial charge in [-0.15, -0.1) is 0 Å². The van der Waals surface area contributed by atoms with Crippen LogP contribution in [-0.4, -0.2) is 38.1 Å². The molecule has 100 valence electrons. The van der Waals surface area contributed by atoms with E-state index in [1.54, 1.807) is 7.11 Å². The van der Waals surface area contributed by atoms with Crippen molar-refractivity contribution in [3.63, 3.8) is 0 Å². The molecule has 0 heterocycles. The molecule has 18 heavy (non-hydrogen) atoms. The van der Waals surface area contributed by atoms with Crippen LogP contribution < -0.4 is 10.5 Å². The summed E-state index contributed by atoms with van der Waals surface area (Å²) in [7, 11) is 3.58. The smallest absolute Gasteiger partial charge is 0.231 e. The van der Waals surface area contributed by atoms with Gasteiger partial charge < -0.3 is 10.5 Å². The number of primary amides is 1. The first kappa shape index (κ1) is 14.5. The molecule has 4 heteroatoms. The van der Waals surface area contributed by atoms with Crippen molar-refractivity contribution in [2.24, 2.45) is 5.73 Å². The predicted molar refractivity (Wildman–Crippen MR) is 72.9 cm³/mol. The predicted octanol–water partition coefficient (Wildman–Crippen LogP) is 1.27. The molecule has 0 aliphatic carbocycles. The molecular weight excluding hydrogens is 228 g/mol. The Bertz CT molecular complexity index is 430. The van der Waals surface area contributed by atoms with Gasteiger partial charge in [-0.05, 0) is 38.4 Å². The lowest BCUT2D eigenvalue weighted by Gasteiger charge is -2.17. The van der Waals surface area contributed by atoms with Crippen molar-refractivity contribution in [2.75, 3.05) is 27.2 Å². The Morgan fingerprint density at radius 2 is 2.06 bits per heavy atom. The molecule has 0 radical (unpaired) electrons. The molecule has 0 spiro atoms. The van der Waals surface area contributed by atoms with Crippen molar-refractivity contribution >= 4 is 5.91 Å². The highest BCUT2D eigenvalue weighted by Gasteiger charge is 2.09. The zero-order valence-electron chi connectivity index (χ0n) is 11.6. The Kier molecular flexibility index (Phi) is 5.16. The van der Waals surface area contributed by atoms with Crippen LogP contribution in [0.5, 0.6) is 5.75 Å². The van der Waals surface area contributed by atoms with Crippen LogP contribution in [0.15, 0.2) is 12.1 Å². The van der Waals surface area contributed by atoms with Crippen LogP contribution in [0.3, 0.4) is 0 Å². The quantitative estimate of drug-likeness (QED) is 0.827. The summed E-state index contributed by atoms with van der Waals surface area (Å²) < 4.78 is 5.43. The maximum Gasteiger partial charge on any atom is 0.231 e. The first-order valence-corrected chi connectivity index (χ1v) is 6.05. The summed E-state index contributed by atoms with van der Waals surface area (Å²) in [6, 6.07) is 4.24. The van der Waals surface area contributed by atoms with Gasteiger partial charge in [-0.2, -0.15) is 0 Å². The molecule has 0 atom stereocenters. The van der Waals surface area contributed by atoms with Crippen molar-refractivity contribution in [3.8, 4) is 5.75 Å². The van der Waals surface area contributed by atoms with Crippen molar-refractivity contribution < 1.29 is 9.53 Å². The molecule has 1 aromatic rings. The normalized spacial score (nSPS) is 10.7. The lowest BCUT2D eigenvalue weighted by molar-refractivity contribution is -0.118. The van der Waals surface area contributed by atoms with Gasteiger partial charge in [0, 0.05) is 6.54 Å². The highest BCUT2D eigenvalue weighted by Crippen LogP contribution is 2.25. The minimum absolute atomic E-state index is 0.285. The number of carbonyl (C=O) groups is 1. The van der Waals surface area contributed by atoms with Gasteiger partial charge in [-0.25, -0.2) is 0 Å². The molecule has 0 bridgehead atoms. The van der Waals surface area contributed by atoms with E-state index < -0.39 is 0 Å². The molecule has 2 N–H and O–H groups in total. The average Bonchev–Trinajstić information content (AvgIpc) is 2.24. The van der Waals surface area contributed by atoms with Crippen LogP contribution >= 0.6 is 0 Å². The van der Waals surface area contributed by atoms with E-state index in [2.05, 4.69) is 19.1 Å². The van der Waals surface area contributed by atoms with Crippen LogP contribution in [0, 0.1) is 13.8 Å². The van der Waals surface area contributed by atoms with E-state index in [1.165, 1.54) is 11.1 Å².